The third-order valence-electron chi connectivity index (χ3n) is 3.73. The van der Waals surface area contributed by atoms with Gasteiger partial charge >= 0.3 is 5.97 Å². The van der Waals surface area contributed by atoms with Gasteiger partial charge in [0.15, 0.2) is 0 Å². The van der Waals surface area contributed by atoms with Crippen molar-refractivity contribution in [3.63, 3.8) is 0 Å². The third kappa shape index (κ3) is 4.08. The van der Waals surface area contributed by atoms with Crippen molar-refractivity contribution in [2.24, 2.45) is 11.8 Å². The Kier molecular flexibility index (Phi) is 5.58. The minimum Gasteiger partial charge on any atom is -0.480 e. The molecule has 4 nitrogen and oxygen atoms in total. The quantitative estimate of drug-likeness (QED) is 0.779. The number of aliphatic carboxylic acids is 1. The smallest absolute Gasteiger partial charge is 0.326 e. The van der Waals surface area contributed by atoms with Gasteiger partial charge in [0, 0.05) is 13.5 Å². The van der Waals surface area contributed by atoms with Crippen molar-refractivity contribution in [3.05, 3.63) is 11.6 Å². The lowest BCUT2D eigenvalue weighted by molar-refractivity contribution is -0.152. The number of carboxylic acid groups (broad SMARTS) is 1. The molecular formula is C15H25NO3. The van der Waals surface area contributed by atoms with Gasteiger partial charge in [-0.05, 0) is 38.0 Å². The maximum absolute atomic E-state index is 11.7. The first-order valence-corrected chi connectivity index (χ1v) is 7.04. The van der Waals surface area contributed by atoms with Crippen LogP contribution in [0.4, 0.5) is 0 Å². The van der Waals surface area contributed by atoms with Gasteiger partial charge in [-0.2, -0.15) is 0 Å². The average Bonchev–Trinajstić information content (AvgIpc) is 2.26. The van der Waals surface area contributed by atoms with Gasteiger partial charge in [0.25, 0.3) is 0 Å². The molecule has 0 aromatic heterocycles. The van der Waals surface area contributed by atoms with E-state index in [4.69, 9.17) is 0 Å². The normalized spacial score (nSPS) is 24.5. The van der Waals surface area contributed by atoms with Crippen LogP contribution in [0.25, 0.3) is 0 Å². The molecule has 0 radical (unpaired) electrons. The van der Waals surface area contributed by atoms with E-state index in [0.717, 1.165) is 19.3 Å². The molecule has 0 aromatic carbocycles. The number of nitrogens with zero attached hydrogens (tertiary/aromatic N) is 1. The average molecular weight is 267 g/mol. The number of carbonyl (C=O) groups is 2. The lowest BCUT2D eigenvalue weighted by Crippen LogP contribution is -2.49. The van der Waals surface area contributed by atoms with Gasteiger partial charge in [-0.15, -0.1) is 0 Å². The molecule has 1 amide bonds. The van der Waals surface area contributed by atoms with E-state index < -0.39 is 12.0 Å². The maximum Gasteiger partial charge on any atom is 0.326 e. The van der Waals surface area contributed by atoms with Gasteiger partial charge in [0.2, 0.25) is 5.91 Å². The molecule has 1 aliphatic carbocycles. The standard InChI is InChI=1S/C15H25NO3/c1-5-6-16(12(4)17)14(15(18)19)13-8-10(2)7-11(3)9-13/h7,10,13-14H,5-6,8-9H2,1-4H3,(H,18,19). The van der Waals surface area contributed by atoms with Crippen molar-refractivity contribution in [1.29, 1.82) is 0 Å². The lowest BCUT2D eigenvalue weighted by Gasteiger charge is -2.36. The largest absolute Gasteiger partial charge is 0.480 e. The first-order chi connectivity index (χ1) is 8.86. The molecule has 1 rings (SSSR count). The summed E-state index contributed by atoms with van der Waals surface area (Å²) in [7, 11) is 0. The molecule has 3 unspecified atom stereocenters. The van der Waals surface area contributed by atoms with Gasteiger partial charge in [-0.3, -0.25) is 4.79 Å². The van der Waals surface area contributed by atoms with Crippen LogP contribution in [0, 0.1) is 11.8 Å². The fourth-order valence-electron chi connectivity index (χ4n) is 3.16. The van der Waals surface area contributed by atoms with E-state index in [1.54, 1.807) is 0 Å². The summed E-state index contributed by atoms with van der Waals surface area (Å²) in [5, 5.41) is 9.53. The number of amides is 1. The molecule has 3 atom stereocenters. The van der Waals surface area contributed by atoms with Crippen LogP contribution in [0.3, 0.4) is 0 Å². The molecule has 0 aromatic rings. The van der Waals surface area contributed by atoms with Crippen LogP contribution in [-0.2, 0) is 9.59 Å². The Balaban J connectivity index is 2.96. The minimum atomic E-state index is -0.879. The monoisotopic (exact) mass is 267 g/mol. The summed E-state index contributed by atoms with van der Waals surface area (Å²) < 4.78 is 0. The van der Waals surface area contributed by atoms with Gasteiger partial charge in [-0.1, -0.05) is 25.5 Å². The zero-order valence-electron chi connectivity index (χ0n) is 12.3. The number of rotatable bonds is 5. The minimum absolute atomic E-state index is 0.0212. The number of carbonyl (C=O) groups excluding carboxylic acids is 1. The fourth-order valence-corrected chi connectivity index (χ4v) is 3.16. The molecule has 4 heteroatoms. The number of carboxylic acids is 1. The van der Waals surface area contributed by atoms with Crippen LogP contribution in [0.2, 0.25) is 0 Å². The molecule has 1 N–H and O–H groups in total. The molecule has 0 bridgehead atoms. The van der Waals surface area contributed by atoms with Crippen molar-refractivity contribution in [1.82, 2.24) is 4.90 Å². The topological polar surface area (TPSA) is 57.6 Å². The van der Waals surface area contributed by atoms with Crippen molar-refractivity contribution < 1.29 is 14.7 Å². The predicted octanol–water partition coefficient (Wildman–Crippen LogP) is 2.69. The summed E-state index contributed by atoms with van der Waals surface area (Å²) in [6.07, 6.45) is 4.59. The molecule has 0 aliphatic heterocycles. The van der Waals surface area contributed by atoms with Crippen LogP contribution in [0.5, 0.6) is 0 Å². The molecule has 0 saturated heterocycles. The van der Waals surface area contributed by atoms with Crippen molar-refractivity contribution in [3.8, 4) is 0 Å². The van der Waals surface area contributed by atoms with Crippen LogP contribution in [0.1, 0.15) is 47.0 Å². The molecule has 19 heavy (non-hydrogen) atoms. The number of hydrogen-bond donors (Lipinski definition) is 1. The van der Waals surface area contributed by atoms with E-state index in [1.807, 2.05) is 13.8 Å². The van der Waals surface area contributed by atoms with Gasteiger partial charge in [-0.25, -0.2) is 4.79 Å². The molecule has 0 saturated carbocycles. The van der Waals surface area contributed by atoms with Gasteiger partial charge in [0.05, 0.1) is 0 Å². The summed E-state index contributed by atoms with van der Waals surface area (Å²) in [5.74, 6) is -0.617. The Bertz CT molecular complexity index is 376. The second-order valence-corrected chi connectivity index (χ2v) is 5.69. The summed E-state index contributed by atoms with van der Waals surface area (Å²) in [6, 6.07) is -0.691. The third-order valence-corrected chi connectivity index (χ3v) is 3.73. The number of hydrogen-bond acceptors (Lipinski definition) is 2. The van der Waals surface area contributed by atoms with Crippen molar-refractivity contribution in [2.75, 3.05) is 6.54 Å². The second kappa shape index (κ2) is 6.73. The Hall–Kier alpha value is -1.32. The van der Waals surface area contributed by atoms with E-state index in [9.17, 15) is 14.7 Å². The second-order valence-electron chi connectivity index (χ2n) is 5.69. The molecule has 0 spiro atoms. The first-order valence-electron chi connectivity index (χ1n) is 7.04. The van der Waals surface area contributed by atoms with E-state index in [0.29, 0.717) is 12.5 Å². The van der Waals surface area contributed by atoms with E-state index >= 15 is 0 Å². The molecule has 0 heterocycles. The van der Waals surface area contributed by atoms with E-state index in [1.165, 1.54) is 17.4 Å². The predicted molar refractivity (Wildman–Crippen MR) is 74.7 cm³/mol. The summed E-state index contributed by atoms with van der Waals surface area (Å²) in [6.45, 7) is 8.08. The first kappa shape index (κ1) is 15.7. The molecular weight excluding hydrogens is 242 g/mol. The molecule has 0 fully saturated rings. The highest BCUT2D eigenvalue weighted by Gasteiger charge is 2.36. The Morgan fingerprint density at radius 2 is 2.16 bits per heavy atom. The summed E-state index contributed by atoms with van der Waals surface area (Å²) in [5.41, 5.74) is 1.23. The number of allylic oxidation sites excluding steroid dienone is 2. The van der Waals surface area contributed by atoms with E-state index in [-0.39, 0.29) is 11.8 Å². The van der Waals surface area contributed by atoms with Gasteiger partial charge < -0.3 is 10.0 Å². The van der Waals surface area contributed by atoms with E-state index in [2.05, 4.69) is 13.0 Å². The highest BCUT2D eigenvalue weighted by molar-refractivity contribution is 5.82. The van der Waals surface area contributed by atoms with Gasteiger partial charge in [0.1, 0.15) is 6.04 Å². The Morgan fingerprint density at radius 1 is 1.53 bits per heavy atom. The maximum atomic E-state index is 11.7. The Labute approximate surface area is 115 Å². The highest BCUT2D eigenvalue weighted by Crippen LogP contribution is 2.32. The molecule has 1 aliphatic rings. The summed E-state index contributed by atoms with van der Waals surface area (Å²) >= 11 is 0. The van der Waals surface area contributed by atoms with Crippen LogP contribution >= 0.6 is 0 Å². The highest BCUT2D eigenvalue weighted by atomic mass is 16.4. The molecule has 108 valence electrons. The van der Waals surface area contributed by atoms with Crippen molar-refractivity contribution in [2.45, 2.75) is 53.0 Å². The zero-order valence-corrected chi connectivity index (χ0v) is 12.3. The summed E-state index contributed by atoms with van der Waals surface area (Å²) in [4.78, 5) is 24.9. The van der Waals surface area contributed by atoms with Crippen LogP contribution in [0.15, 0.2) is 11.6 Å². The SMILES string of the molecule is CCCN(C(C)=O)C(C(=O)O)C1CC(C)=CC(C)C1. The van der Waals surface area contributed by atoms with Crippen LogP contribution < -0.4 is 0 Å². The van der Waals surface area contributed by atoms with Crippen LogP contribution in [-0.4, -0.2) is 34.5 Å². The fraction of sp³-hybridized carbons (Fsp3) is 0.733. The zero-order chi connectivity index (χ0) is 14.6. The lowest BCUT2D eigenvalue weighted by atomic mass is 9.79. The van der Waals surface area contributed by atoms with Crippen molar-refractivity contribution >= 4 is 11.9 Å². The Morgan fingerprint density at radius 3 is 2.58 bits per heavy atom.